The molecule has 0 aliphatic carbocycles. The van der Waals surface area contributed by atoms with Gasteiger partial charge in [0.2, 0.25) is 11.7 Å². The van der Waals surface area contributed by atoms with E-state index >= 15 is 0 Å². The normalized spacial score (nSPS) is 15.4. The lowest BCUT2D eigenvalue weighted by Gasteiger charge is -2.29. The van der Waals surface area contributed by atoms with Crippen LogP contribution in [-0.2, 0) is 11.3 Å². The van der Waals surface area contributed by atoms with Gasteiger partial charge in [-0.1, -0.05) is 30.3 Å². The predicted molar refractivity (Wildman–Crippen MR) is 84.3 cm³/mol. The molecule has 3 rings (SSSR count). The van der Waals surface area contributed by atoms with E-state index in [1.807, 2.05) is 35.2 Å². The Kier molecular flexibility index (Phi) is 5.46. The second-order valence-corrected chi connectivity index (χ2v) is 5.23. The molecule has 2 heterocycles. The largest absolute Gasteiger partial charge is 0.341 e. The van der Waals surface area contributed by atoms with Gasteiger partial charge in [0.25, 0.3) is 0 Å². The van der Waals surface area contributed by atoms with E-state index in [-0.39, 0.29) is 30.9 Å². The quantitative estimate of drug-likeness (QED) is 0.899. The summed E-state index contributed by atoms with van der Waals surface area (Å²) in [6.45, 7) is 1.54. The Labute approximate surface area is 134 Å². The van der Waals surface area contributed by atoms with Crippen molar-refractivity contribution in [2.75, 3.05) is 13.1 Å². The van der Waals surface area contributed by atoms with Gasteiger partial charge in [0.1, 0.15) is 6.54 Å². The summed E-state index contributed by atoms with van der Waals surface area (Å²) in [4.78, 5) is 15.3. The van der Waals surface area contributed by atoms with Crippen molar-refractivity contribution in [2.24, 2.45) is 5.73 Å². The molecule has 1 fully saturated rings. The highest BCUT2D eigenvalue weighted by Gasteiger charge is 2.21. The molecular formula is C14H19ClN6O. The maximum absolute atomic E-state index is 12.2. The number of nitrogens with two attached hydrogens (primary N) is 1. The van der Waals surface area contributed by atoms with Crippen LogP contribution >= 0.6 is 12.4 Å². The van der Waals surface area contributed by atoms with Gasteiger partial charge in [-0.3, -0.25) is 4.79 Å². The molecule has 1 aromatic carbocycles. The second kappa shape index (κ2) is 7.33. The van der Waals surface area contributed by atoms with Gasteiger partial charge in [0.05, 0.1) is 0 Å². The van der Waals surface area contributed by atoms with Crippen LogP contribution in [-0.4, -0.2) is 50.1 Å². The van der Waals surface area contributed by atoms with Crippen molar-refractivity contribution in [3.05, 3.63) is 30.3 Å². The van der Waals surface area contributed by atoms with E-state index in [4.69, 9.17) is 5.73 Å². The number of carbonyl (C=O) groups excluding carboxylic acids is 1. The first-order valence-electron chi connectivity index (χ1n) is 7.09. The first kappa shape index (κ1) is 16.4. The van der Waals surface area contributed by atoms with Crippen molar-refractivity contribution in [2.45, 2.75) is 25.4 Å². The second-order valence-electron chi connectivity index (χ2n) is 5.23. The number of hydrogen-bond donors (Lipinski definition) is 1. The molecule has 8 heteroatoms. The lowest BCUT2D eigenvalue weighted by atomic mass is 10.1. The van der Waals surface area contributed by atoms with E-state index in [2.05, 4.69) is 15.4 Å². The zero-order valence-corrected chi connectivity index (χ0v) is 12.9. The minimum Gasteiger partial charge on any atom is -0.341 e. The number of rotatable bonds is 3. The van der Waals surface area contributed by atoms with Crippen LogP contribution in [0.4, 0.5) is 0 Å². The maximum atomic E-state index is 12.2. The highest BCUT2D eigenvalue weighted by atomic mass is 35.5. The molecule has 7 nitrogen and oxygen atoms in total. The molecule has 0 unspecified atom stereocenters. The fourth-order valence-corrected chi connectivity index (χ4v) is 2.38. The Balaban J connectivity index is 0.00000176. The minimum absolute atomic E-state index is 0. The van der Waals surface area contributed by atoms with Gasteiger partial charge in [0.15, 0.2) is 0 Å². The summed E-state index contributed by atoms with van der Waals surface area (Å²) in [7, 11) is 0. The molecule has 0 radical (unpaired) electrons. The summed E-state index contributed by atoms with van der Waals surface area (Å²) >= 11 is 0. The van der Waals surface area contributed by atoms with Gasteiger partial charge < -0.3 is 10.6 Å². The van der Waals surface area contributed by atoms with Crippen LogP contribution in [0.25, 0.3) is 11.4 Å². The Hall–Kier alpha value is -1.99. The molecule has 1 aromatic heterocycles. The van der Waals surface area contributed by atoms with E-state index < -0.39 is 0 Å². The van der Waals surface area contributed by atoms with Gasteiger partial charge in [0, 0.05) is 24.7 Å². The molecule has 0 saturated carbocycles. The number of hydrogen-bond acceptors (Lipinski definition) is 5. The number of carbonyl (C=O) groups is 1. The number of amides is 1. The van der Waals surface area contributed by atoms with Crippen molar-refractivity contribution < 1.29 is 4.79 Å². The SMILES string of the molecule is Cl.NC1CCN(C(=O)Cn2nnc(-c3ccccc3)n2)CC1. The van der Waals surface area contributed by atoms with Crippen LogP contribution in [0.15, 0.2) is 30.3 Å². The van der Waals surface area contributed by atoms with Gasteiger partial charge >= 0.3 is 0 Å². The fraction of sp³-hybridized carbons (Fsp3) is 0.429. The zero-order valence-electron chi connectivity index (χ0n) is 12.1. The third-order valence-electron chi connectivity index (χ3n) is 3.65. The number of nitrogens with zero attached hydrogens (tertiary/aromatic N) is 5. The Morgan fingerprint density at radius 1 is 1.23 bits per heavy atom. The standard InChI is InChI=1S/C14H18N6O.ClH/c15-12-6-8-19(9-7-12)13(21)10-20-17-14(16-18-20)11-4-2-1-3-5-11;/h1-5,12H,6-10,15H2;1H. The Morgan fingerprint density at radius 2 is 1.91 bits per heavy atom. The van der Waals surface area contributed by atoms with Crippen LogP contribution in [0.2, 0.25) is 0 Å². The van der Waals surface area contributed by atoms with Crippen LogP contribution < -0.4 is 5.73 Å². The van der Waals surface area contributed by atoms with Crippen LogP contribution in [0, 0.1) is 0 Å². The number of halogens is 1. The molecule has 1 amide bonds. The Bertz CT molecular complexity index is 609. The number of benzene rings is 1. The maximum Gasteiger partial charge on any atom is 0.246 e. The first-order chi connectivity index (χ1) is 10.2. The molecular weight excluding hydrogens is 304 g/mol. The van der Waals surface area contributed by atoms with Crippen LogP contribution in [0.5, 0.6) is 0 Å². The van der Waals surface area contributed by atoms with E-state index in [1.165, 1.54) is 4.80 Å². The molecule has 0 spiro atoms. The number of tetrazole rings is 1. The molecule has 2 N–H and O–H groups in total. The summed E-state index contributed by atoms with van der Waals surface area (Å²) in [5.41, 5.74) is 6.73. The van der Waals surface area contributed by atoms with Crippen molar-refractivity contribution >= 4 is 18.3 Å². The van der Waals surface area contributed by atoms with Crippen LogP contribution in [0.1, 0.15) is 12.8 Å². The van der Waals surface area contributed by atoms with E-state index in [1.54, 1.807) is 0 Å². The number of likely N-dealkylation sites (tertiary alicyclic amines) is 1. The van der Waals surface area contributed by atoms with Gasteiger partial charge in [-0.15, -0.1) is 22.6 Å². The molecule has 22 heavy (non-hydrogen) atoms. The summed E-state index contributed by atoms with van der Waals surface area (Å²) in [6.07, 6.45) is 1.71. The molecule has 0 atom stereocenters. The number of piperidine rings is 1. The molecule has 1 saturated heterocycles. The molecule has 2 aromatic rings. The number of aromatic nitrogens is 4. The van der Waals surface area contributed by atoms with Gasteiger partial charge in [-0.25, -0.2) is 0 Å². The van der Waals surface area contributed by atoms with E-state index in [9.17, 15) is 4.79 Å². The average molecular weight is 323 g/mol. The summed E-state index contributed by atoms with van der Waals surface area (Å²) in [5.74, 6) is 0.544. The third kappa shape index (κ3) is 3.80. The van der Waals surface area contributed by atoms with Crippen molar-refractivity contribution in [3.63, 3.8) is 0 Å². The minimum atomic E-state index is 0. The predicted octanol–water partition coefficient (Wildman–Crippen LogP) is 0.712. The summed E-state index contributed by atoms with van der Waals surface area (Å²) < 4.78 is 0. The first-order valence-corrected chi connectivity index (χ1v) is 7.09. The van der Waals surface area contributed by atoms with Crippen molar-refractivity contribution in [1.29, 1.82) is 0 Å². The molecule has 1 aliphatic heterocycles. The van der Waals surface area contributed by atoms with Crippen LogP contribution in [0.3, 0.4) is 0 Å². The topological polar surface area (TPSA) is 89.9 Å². The average Bonchev–Trinajstić information content (AvgIpc) is 2.97. The van der Waals surface area contributed by atoms with Gasteiger partial charge in [-0.2, -0.15) is 4.80 Å². The third-order valence-corrected chi connectivity index (χ3v) is 3.65. The fourth-order valence-electron chi connectivity index (χ4n) is 2.38. The van der Waals surface area contributed by atoms with Crippen molar-refractivity contribution in [1.82, 2.24) is 25.1 Å². The summed E-state index contributed by atoms with van der Waals surface area (Å²) in [6, 6.07) is 9.79. The lowest BCUT2D eigenvalue weighted by molar-refractivity contribution is -0.133. The van der Waals surface area contributed by atoms with E-state index in [0.29, 0.717) is 18.9 Å². The zero-order chi connectivity index (χ0) is 14.7. The smallest absolute Gasteiger partial charge is 0.246 e. The highest BCUT2D eigenvalue weighted by molar-refractivity contribution is 5.85. The lowest BCUT2D eigenvalue weighted by Crippen LogP contribution is -2.44. The monoisotopic (exact) mass is 322 g/mol. The highest BCUT2D eigenvalue weighted by Crippen LogP contribution is 2.12. The van der Waals surface area contributed by atoms with E-state index in [0.717, 1.165) is 18.4 Å². The van der Waals surface area contributed by atoms with Crippen molar-refractivity contribution in [3.8, 4) is 11.4 Å². The summed E-state index contributed by atoms with van der Waals surface area (Å²) in [5, 5.41) is 12.2. The molecule has 1 aliphatic rings. The molecule has 0 bridgehead atoms. The molecule has 118 valence electrons. The van der Waals surface area contributed by atoms with Gasteiger partial charge in [-0.05, 0) is 18.1 Å². The Morgan fingerprint density at radius 3 is 2.59 bits per heavy atom.